The van der Waals surface area contributed by atoms with Crippen LogP contribution in [0, 0.1) is 22.7 Å². The second-order valence-electron chi connectivity index (χ2n) is 7.93. The van der Waals surface area contributed by atoms with E-state index in [1.54, 1.807) is 18.9 Å². The second-order valence-corrected chi connectivity index (χ2v) is 9.14. The second kappa shape index (κ2) is 8.38. The molecule has 0 amide bonds. The topological polar surface area (TPSA) is 82.8 Å². The fourth-order valence-corrected chi connectivity index (χ4v) is 5.55. The van der Waals surface area contributed by atoms with Crippen LogP contribution in [0.3, 0.4) is 0 Å². The van der Waals surface area contributed by atoms with E-state index in [9.17, 15) is 10.5 Å². The van der Waals surface area contributed by atoms with Crippen LogP contribution in [-0.2, 0) is 6.42 Å². The van der Waals surface area contributed by atoms with Gasteiger partial charge in [0.15, 0.2) is 0 Å². The molecule has 0 aromatic heterocycles. The SMILES string of the molecule is COc1ccc(C2Cc3c(C#N)c(N)c(C#N)c(-c4ccc(C(C)C)cc4)c3S2)cc1. The maximum Gasteiger partial charge on any atom is 0.118 e. The molecule has 2 N–H and O–H groups in total. The van der Waals surface area contributed by atoms with E-state index in [1.165, 1.54) is 5.56 Å². The minimum Gasteiger partial charge on any atom is -0.497 e. The van der Waals surface area contributed by atoms with Crippen molar-refractivity contribution in [3.63, 3.8) is 0 Å². The lowest BCUT2D eigenvalue weighted by Gasteiger charge is -2.16. The summed E-state index contributed by atoms with van der Waals surface area (Å²) in [6.45, 7) is 4.31. The van der Waals surface area contributed by atoms with Gasteiger partial charge in [-0.1, -0.05) is 50.2 Å². The Morgan fingerprint density at radius 3 is 2.19 bits per heavy atom. The number of hydrogen-bond acceptors (Lipinski definition) is 5. The number of nitriles is 2. The highest BCUT2D eigenvalue weighted by Crippen LogP contribution is 2.54. The molecule has 0 saturated carbocycles. The molecule has 0 bridgehead atoms. The van der Waals surface area contributed by atoms with Crippen LogP contribution < -0.4 is 10.5 Å². The maximum absolute atomic E-state index is 9.93. The maximum atomic E-state index is 9.93. The summed E-state index contributed by atoms with van der Waals surface area (Å²) in [6.07, 6.45) is 0.697. The van der Waals surface area contributed by atoms with Crippen molar-refractivity contribution in [3.05, 3.63) is 76.3 Å². The Morgan fingerprint density at radius 2 is 1.65 bits per heavy atom. The van der Waals surface area contributed by atoms with E-state index in [2.05, 4.69) is 62.4 Å². The Labute approximate surface area is 187 Å². The number of ether oxygens (including phenoxy) is 1. The van der Waals surface area contributed by atoms with Gasteiger partial charge in [-0.2, -0.15) is 10.5 Å². The zero-order valence-corrected chi connectivity index (χ0v) is 18.6. The first-order valence-corrected chi connectivity index (χ1v) is 11.1. The molecular weight excluding hydrogens is 402 g/mol. The summed E-state index contributed by atoms with van der Waals surface area (Å²) in [5.74, 6) is 1.24. The van der Waals surface area contributed by atoms with Crippen molar-refractivity contribution in [3.8, 4) is 29.0 Å². The van der Waals surface area contributed by atoms with E-state index in [4.69, 9.17) is 10.5 Å². The molecule has 1 atom stereocenters. The van der Waals surface area contributed by atoms with Gasteiger partial charge in [0.2, 0.25) is 0 Å². The lowest BCUT2D eigenvalue weighted by Crippen LogP contribution is -2.03. The summed E-state index contributed by atoms with van der Waals surface area (Å²) in [5.41, 5.74) is 12.6. The molecule has 31 heavy (non-hydrogen) atoms. The Kier molecular flexibility index (Phi) is 5.63. The van der Waals surface area contributed by atoms with Gasteiger partial charge in [0, 0.05) is 15.7 Å². The van der Waals surface area contributed by atoms with Gasteiger partial charge in [0.05, 0.1) is 23.9 Å². The molecule has 4 nitrogen and oxygen atoms in total. The highest BCUT2D eigenvalue weighted by molar-refractivity contribution is 8.00. The third-order valence-electron chi connectivity index (χ3n) is 5.82. The first-order chi connectivity index (χ1) is 15.0. The summed E-state index contributed by atoms with van der Waals surface area (Å²) >= 11 is 1.70. The Morgan fingerprint density at radius 1 is 1.00 bits per heavy atom. The third kappa shape index (κ3) is 3.63. The number of rotatable bonds is 4. The highest BCUT2D eigenvalue weighted by Gasteiger charge is 2.33. The van der Waals surface area contributed by atoms with Crippen molar-refractivity contribution < 1.29 is 4.74 Å². The van der Waals surface area contributed by atoms with Gasteiger partial charge in [-0.25, -0.2) is 0 Å². The van der Waals surface area contributed by atoms with E-state index < -0.39 is 0 Å². The van der Waals surface area contributed by atoms with Gasteiger partial charge in [-0.15, -0.1) is 11.8 Å². The average Bonchev–Trinajstić information content (AvgIpc) is 3.23. The molecule has 0 radical (unpaired) electrons. The summed E-state index contributed by atoms with van der Waals surface area (Å²) in [7, 11) is 1.65. The van der Waals surface area contributed by atoms with E-state index in [0.29, 0.717) is 23.5 Å². The van der Waals surface area contributed by atoms with Gasteiger partial charge in [0.25, 0.3) is 0 Å². The predicted molar refractivity (Wildman–Crippen MR) is 125 cm³/mol. The van der Waals surface area contributed by atoms with Crippen LogP contribution in [-0.4, -0.2) is 7.11 Å². The van der Waals surface area contributed by atoms with Crippen molar-refractivity contribution >= 4 is 17.4 Å². The van der Waals surface area contributed by atoms with Crippen molar-refractivity contribution in [1.29, 1.82) is 10.5 Å². The van der Waals surface area contributed by atoms with Gasteiger partial charge < -0.3 is 10.5 Å². The van der Waals surface area contributed by atoms with Crippen LogP contribution in [0.15, 0.2) is 53.4 Å². The standard InChI is InChI=1S/C26H23N3OS/c1-15(2)16-4-6-18(7-5-16)24-22(14-28)25(29)21(13-27)20-12-23(31-26(20)24)17-8-10-19(30-3)11-9-17/h4-11,15,23H,12,29H2,1-3H3. The Bertz CT molecular complexity index is 1220. The Hall–Kier alpha value is -3.41. The first kappa shape index (κ1) is 20.8. The lowest BCUT2D eigenvalue weighted by molar-refractivity contribution is 0.414. The monoisotopic (exact) mass is 425 g/mol. The van der Waals surface area contributed by atoms with E-state index >= 15 is 0 Å². The smallest absolute Gasteiger partial charge is 0.118 e. The number of nitrogens with zero attached hydrogens (tertiary/aromatic N) is 2. The molecular formula is C26H23N3OS. The van der Waals surface area contributed by atoms with Crippen molar-refractivity contribution in [1.82, 2.24) is 0 Å². The molecule has 4 rings (SSSR count). The van der Waals surface area contributed by atoms with Crippen molar-refractivity contribution in [2.75, 3.05) is 12.8 Å². The normalized spacial score (nSPS) is 14.7. The van der Waals surface area contributed by atoms with Crippen LogP contribution >= 0.6 is 11.8 Å². The van der Waals surface area contributed by atoms with Crippen molar-refractivity contribution in [2.45, 2.75) is 36.3 Å². The van der Waals surface area contributed by atoms with Crippen LogP contribution in [0.4, 0.5) is 5.69 Å². The number of anilines is 1. The van der Waals surface area contributed by atoms with Crippen LogP contribution in [0.2, 0.25) is 0 Å². The summed E-state index contributed by atoms with van der Waals surface area (Å²) in [4.78, 5) is 0.986. The summed E-state index contributed by atoms with van der Waals surface area (Å²) < 4.78 is 5.28. The number of methoxy groups -OCH3 is 1. The zero-order valence-electron chi connectivity index (χ0n) is 17.8. The molecule has 0 saturated heterocycles. The number of fused-ring (bicyclic) bond motifs is 1. The number of hydrogen-bond donors (Lipinski definition) is 1. The molecule has 1 aliphatic rings. The fraction of sp³-hybridized carbons (Fsp3) is 0.231. The quantitative estimate of drug-likeness (QED) is 0.503. The molecule has 154 valence electrons. The molecule has 0 fully saturated rings. The van der Waals surface area contributed by atoms with Crippen LogP contribution in [0.25, 0.3) is 11.1 Å². The minimum absolute atomic E-state index is 0.148. The fourth-order valence-electron chi connectivity index (χ4n) is 4.05. The predicted octanol–water partition coefficient (Wildman–Crippen LogP) is 6.20. The van der Waals surface area contributed by atoms with E-state index in [-0.39, 0.29) is 10.9 Å². The van der Waals surface area contributed by atoms with Gasteiger partial charge in [0.1, 0.15) is 17.9 Å². The summed E-state index contributed by atoms with van der Waals surface area (Å²) in [5, 5.41) is 19.9. The number of nitrogen functional groups attached to an aromatic ring is 1. The van der Waals surface area contributed by atoms with Gasteiger partial charge >= 0.3 is 0 Å². The molecule has 0 spiro atoms. The number of benzene rings is 3. The van der Waals surface area contributed by atoms with Gasteiger partial charge in [-0.3, -0.25) is 0 Å². The molecule has 1 unspecified atom stereocenters. The highest BCUT2D eigenvalue weighted by atomic mass is 32.2. The summed E-state index contributed by atoms with van der Waals surface area (Å²) in [6, 6.07) is 20.8. The average molecular weight is 426 g/mol. The van der Waals surface area contributed by atoms with Crippen molar-refractivity contribution in [2.24, 2.45) is 0 Å². The number of thioether (sulfide) groups is 1. The molecule has 0 aliphatic carbocycles. The van der Waals surface area contributed by atoms with E-state index in [0.717, 1.165) is 32.9 Å². The van der Waals surface area contributed by atoms with Crippen LogP contribution in [0.1, 0.15) is 52.8 Å². The van der Waals surface area contributed by atoms with E-state index in [1.807, 2.05) is 12.1 Å². The lowest BCUT2D eigenvalue weighted by atomic mass is 9.89. The Balaban J connectivity index is 1.86. The van der Waals surface area contributed by atoms with Crippen LogP contribution in [0.5, 0.6) is 5.75 Å². The molecule has 3 aromatic carbocycles. The largest absolute Gasteiger partial charge is 0.497 e. The molecule has 5 heteroatoms. The van der Waals surface area contributed by atoms with Gasteiger partial charge in [-0.05, 0) is 46.7 Å². The molecule has 3 aromatic rings. The molecule has 1 heterocycles. The zero-order chi connectivity index (χ0) is 22.1. The minimum atomic E-state index is 0.148. The number of nitrogens with two attached hydrogens (primary N) is 1. The molecule has 1 aliphatic heterocycles. The third-order valence-corrected chi connectivity index (χ3v) is 7.23. The first-order valence-electron chi connectivity index (χ1n) is 10.2.